The summed E-state index contributed by atoms with van der Waals surface area (Å²) in [6.07, 6.45) is 4.19. The van der Waals surface area contributed by atoms with E-state index in [9.17, 15) is 4.79 Å². The fourth-order valence-electron chi connectivity index (χ4n) is 3.72. The van der Waals surface area contributed by atoms with E-state index in [1.54, 1.807) is 26.4 Å². The number of benzene rings is 2. The van der Waals surface area contributed by atoms with E-state index in [1.165, 1.54) is 11.1 Å². The zero-order chi connectivity index (χ0) is 20.1. The molecular weight excluding hydrogens is 376 g/mol. The van der Waals surface area contributed by atoms with Crippen LogP contribution in [0.15, 0.2) is 36.4 Å². The third-order valence-corrected chi connectivity index (χ3v) is 5.45. The first-order valence-electron chi connectivity index (χ1n) is 9.59. The molecule has 6 heteroatoms. The van der Waals surface area contributed by atoms with Crippen molar-refractivity contribution < 1.29 is 14.3 Å². The molecule has 1 atom stereocenters. The van der Waals surface area contributed by atoms with Crippen LogP contribution in [0.1, 0.15) is 42.9 Å². The predicted octanol–water partition coefficient (Wildman–Crippen LogP) is 5.81. The van der Waals surface area contributed by atoms with E-state index in [-0.39, 0.29) is 12.1 Å². The zero-order valence-electron chi connectivity index (χ0n) is 16.6. The molecule has 1 aliphatic rings. The topological polar surface area (TPSA) is 50.8 Å². The smallest absolute Gasteiger partial charge is 0.322 e. The Morgan fingerprint density at radius 3 is 2.61 bits per heavy atom. The summed E-state index contributed by atoms with van der Waals surface area (Å²) < 4.78 is 10.6. The average molecular weight is 403 g/mol. The Bertz CT molecular complexity index is 841. The molecule has 3 rings (SSSR count). The van der Waals surface area contributed by atoms with Crippen LogP contribution in [0.4, 0.5) is 10.5 Å². The van der Waals surface area contributed by atoms with Gasteiger partial charge in [-0.2, -0.15) is 0 Å². The molecule has 150 valence electrons. The van der Waals surface area contributed by atoms with Gasteiger partial charge in [-0.25, -0.2) is 4.79 Å². The van der Waals surface area contributed by atoms with Gasteiger partial charge in [0, 0.05) is 12.6 Å². The summed E-state index contributed by atoms with van der Waals surface area (Å²) in [6, 6.07) is 11.7. The van der Waals surface area contributed by atoms with Crippen molar-refractivity contribution in [3.05, 3.63) is 52.5 Å². The Balaban J connectivity index is 1.88. The van der Waals surface area contributed by atoms with E-state index in [1.807, 2.05) is 4.90 Å². The summed E-state index contributed by atoms with van der Waals surface area (Å²) >= 11 is 6.25. The number of halogens is 1. The van der Waals surface area contributed by atoms with Gasteiger partial charge in [-0.05, 0) is 31.4 Å². The van der Waals surface area contributed by atoms with Crippen LogP contribution in [0.5, 0.6) is 11.5 Å². The monoisotopic (exact) mass is 402 g/mol. The maximum absolute atomic E-state index is 13.2. The molecule has 2 aromatic carbocycles. The zero-order valence-corrected chi connectivity index (χ0v) is 17.4. The van der Waals surface area contributed by atoms with Crippen LogP contribution >= 0.6 is 11.6 Å². The van der Waals surface area contributed by atoms with Crippen molar-refractivity contribution in [1.29, 1.82) is 0 Å². The minimum absolute atomic E-state index is 0.0575. The number of anilines is 1. The Kier molecular flexibility index (Phi) is 6.68. The molecule has 1 fully saturated rings. The highest BCUT2D eigenvalue weighted by atomic mass is 35.5. The number of methoxy groups -OCH3 is 2. The molecular formula is C22H27ClN2O3. The molecule has 0 aliphatic carbocycles. The van der Waals surface area contributed by atoms with E-state index >= 15 is 0 Å². The van der Waals surface area contributed by atoms with Crippen molar-refractivity contribution >= 4 is 23.3 Å². The van der Waals surface area contributed by atoms with Crippen molar-refractivity contribution in [3.63, 3.8) is 0 Å². The van der Waals surface area contributed by atoms with Crippen molar-refractivity contribution in [1.82, 2.24) is 4.90 Å². The molecule has 28 heavy (non-hydrogen) atoms. The van der Waals surface area contributed by atoms with Crippen LogP contribution in [0.25, 0.3) is 0 Å². The number of amides is 2. The lowest BCUT2D eigenvalue weighted by molar-refractivity contribution is 0.189. The number of hydrogen-bond donors (Lipinski definition) is 1. The van der Waals surface area contributed by atoms with Crippen LogP contribution in [-0.2, 0) is 0 Å². The molecule has 0 bridgehead atoms. The maximum Gasteiger partial charge on any atom is 0.322 e. The van der Waals surface area contributed by atoms with E-state index in [0.29, 0.717) is 22.2 Å². The first kappa shape index (κ1) is 20.3. The third kappa shape index (κ3) is 4.53. The molecule has 1 aliphatic heterocycles. The van der Waals surface area contributed by atoms with E-state index in [2.05, 4.69) is 36.5 Å². The number of likely N-dealkylation sites (tertiary alicyclic amines) is 1. The lowest BCUT2D eigenvalue weighted by Crippen LogP contribution is -2.38. The Morgan fingerprint density at radius 1 is 1.11 bits per heavy atom. The summed E-state index contributed by atoms with van der Waals surface area (Å²) in [7, 11) is 3.10. The van der Waals surface area contributed by atoms with Gasteiger partial charge in [0.2, 0.25) is 0 Å². The fraction of sp³-hybridized carbons (Fsp3) is 0.409. The largest absolute Gasteiger partial charge is 0.495 e. The van der Waals surface area contributed by atoms with Crippen molar-refractivity contribution in [2.45, 2.75) is 38.6 Å². The molecule has 1 heterocycles. The normalized spacial score (nSPS) is 17.0. The molecule has 5 nitrogen and oxygen atoms in total. The summed E-state index contributed by atoms with van der Waals surface area (Å²) in [6.45, 7) is 2.80. The standard InChI is InChI=1S/C22H27ClN2O3/c1-15-8-7-9-16(12-15)19-10-5-4-6-11-25(19)22(26)24-18-13-17(23)20(27-2)14-21(18)28-3/h7-9,12-14,19H,4-6,10-11H2,1-3H3,(H,24,26). The molecule has 0 saturated carbocycles. The van der Waals surface area contributed by atoms with Crippen LogP contribution in [0.2, 0.25) is 5.02 Å². The van der Waals surface area contributed by atoms with E-state index in [0.717, 1.165) is 32.2 Å². The van der Waals surface area contributed by atoms with Gasteiger partial charge in [0.15, 0.2) is 0 Å². The van der Waals surface area contributed by atoms with Gasteiger partial charge in [0.05, 0.1) is 31.0 Å². The van der Waals surface area contributed by atoms with Crippen molar-refractivity contribution in [2.75, 3.05) is 26.1 Å². The first-order chi connectivity index (χ1) is 13.5. The van der Waals surface area contributed by atoms with Crippen LogP contribution < -0.4 is 14.8 Å². The van der Waals surface area contributed by atoms with E-state index < -0.39 is 0 Å². The van der Waals surface area contributed by atoms with Gasteiger partial charge in [0.1, 0.15) is 11.5 Å². The van der Waals surface area contributed by atoms with Crippen molar-refractivity contribution in [3.8, 4) is 11.5 Å². The van der Waals surface area contributed by atoms with Gasteiger partial charge in [-0.1, -0.05) is 54.3 Å². The number of ether oxygens (including phenoxy) is 2. The van der Waals surface area contributed by atoms with Gasteiger partial charge in [-0.3, -0.25) is 0 Å². The fourth-order valence-corrected chi connectivity index (χ4v) is 3.96. The lowest BCUT2D eigenvalue weighted by Gasteiger charge is -2.31. The van der Waals surface area contributed by atoms with Crippen molar-refractivity contribution in [2.24, 2.45) is 0 Å². The number of nitrogens with one attached hydrogen (secondary N) is 1. The summed E-state index contributed by atoms with van der Waals surface area (Å²) in [5.74, 6) is 1.01. The van der Waals surface area contributed by atoms with Crippen LogP contribution in [-0.4, -0.2) is 31.7 Å². The minimum Gasteiger partial charge on any atom is -0.495 e. The average Bonchev–Trinajstić information content (AvgIpc) is 2.94. The van der Waals surface area contributed by atoms with Crippen LogP contribution in [0.3, 0.4) is 0 Å². The molecule has 2 aromatic rings. The predicted molar refractivity (Wildman–Crippen MR) is 113 cm³/mol. The second-order valence-corrected chi connectivity index (χ2v) is 7.50. The number of carbonyl (C=O) groups is 1. The number of carbonyl (C=O) groups excluding carboxylic acids is 1. The molecule has 1 N–H and O–H groups in total. The highest BCUT2D eigenvalue weighted by Gasteiger charge is 2.27. The number of hydrogen-bond acceptors (Lipinski definition) is 3. The van der Waals surface area contributed by atoms with E-state index in [4.69, 9.17) is 21.1 Å². The first-order valence-corrected chi connectivity index (χ1v) is 9.97. The lowest BCUT2D eigenvalue weighted by atomic mass is 9.99. The van der Waals surface area contributed by atoms with Gasteiger partial charge >= 0.3 is 6.03 Å². The second kappa shape index (κ2) is 9.20. The SMILES string of the molecule is COc1cc(OC)c(NC(=O)N2CCCCCC2c2cccc(C)c2)cc1Cl. The molecule has 1 saturated heterocycles. The van der Waals surface area contributed by atoms with Gasteiger partial charge in [0.25, 0.3) is 0 Å². The van der Waals surface area contributed by atoms with Crippen LogP contribution in [0, 0.1) is 6.92 Å². The number of rotatable bonds is 4. The minimum atomic E-state index is -0.145. The van der Waals surface area contributed by atoms with Gasteiger partial charge in [-0.15, -0.1) is 0 Å². The Morgan fingerprint density at radius 2 is 1.89 bits per heavy atom. The Labute approximate surface area is 171 Å². The molecule has 0 radical (unpaired) electrons. The molecule has 0 aromatic heterocycles. The number of aryl methyl sites for hydroxylation is 1. The summed E-state index contributed by atoms with van der Waals surface area (Å²) in [4.78, 5) is 15.1. The number of nitrogens with zero attached hydrogens (tertiary/aromatic N) is 1. The highest BCUT2D eigenvalue weighted by molar-refractivity contribution is 6.32. The summed E-state index contributed by atoms with van der Waals surface area (Å²) in [5, 5.41) is 3.41. The summed E-state index contributed by atoms with van der Waals surface area (Å²) in [5.41, 5.74) is 2.91. The molecule has 1 unspecified atom stereocenters. The third-order valence-electron chi connectivity index (χ3n) is 5.16. The molecule has 2 amide bonds. The second-order valence-electron chi connectivity index (χ2n) is 7.09. The highest BCUT2D eigenvalue weighted by Crippen LogP contribution is 2.37. The van der Waals surface area contributed by atoms with Gasteiger partial charge < -0.3 is 19.7 Å². The quantitative estimate of drug-likeness (QED) is 0.701. The Hall–Kier alpha value is -2.40. The number of urea groups is 1. The maximum atomic E-state index is 13.2. The molecule has 0 spiro atoms.